The zero-order valence-electron chi connectivity index (χ0n) is 19.4. The predicted octanol–water partition coefficient (Wildman–Crippen LogP) is 5.36. The largest absolute Gasteiger partial charge is 0.241 e. The monoisotopic (exact) mass is 482 g/mol. The topological polar surface area (TPSA) is 75.6 Å². The van der Waals surface area contributed by atoms with E-state index in [1.807, 2.05) is 88.4 Å². The van der Waals surface area contributed by atoms with E-state index in [0.29, 0.717) is 5.71 Å². The normalized spacial score (nSPS) is 14.6. The Morgan fingerprint density at radius 1 is 0.909 bits per heavy atom. The Labute approximate surface area is 199 Å². The van der Waals surface area contributed by atoms with E-state index in [-0.39, 0.29) is 11.3 Å². The summed E-state index contributed by atoms with van der Waals surface area (Å²) >= 11 is 0. The van der Waals surface area contributed by atoms with Crippen LogP contribution in [0.4, 0.5) is 0 Å². The fourth-order valence-corrected chi connectivity index (χ4v) is 5.03. The first-order valence-electron chi connectivity index (χ1n) is 10.8. The van der Waals surface area contributed by atoms with Crippen LogP contribution in [-0.2, 0) is 21.0 Å². The van der Waals surface area contributed by atoms with Crippen molar-refractivity contribution >= 4 is 26.7 Å². The lowest BCUT2D eigenvalue weighted by molar-refractivity contribution is 0.561. The molecular weight excluding hydrogens is 452 g/mol. The third-order valence-electron chi connectivity index (χ3n) is 5.05. The minimum atomic E-state index is -3.79. The number of hydrogen-bond donors (Lipinski definition) is 1. The van der Waals surface area contributed by atoms with Crippen molar-refractivity contribution in [1.82, 2.24) is 4.72 Å². The van der Waals surface area contributed by atoms with Gasteiger partial charge in [0.05, 0.1) is 21.4 Å². The van der Waals surface area contributed by atoms with Crippen molar-refractivity contribution in [2.75, 3.05) is 0 Å². The van der Waals surface area contributed by atoms with Gasteiger partial charge in [0.25, 0.3) is 0 Å². The zero-order valence-corrected chi connectivity index (χ0v) is 21.0. The second-order valence-electron chi connectivity index (χ2n) is 8.87. The van der Waals surface area contributed by atoms with Crippen LogP contribution in [0.3, 0.4) is 0 Å². The van der Waals surface area contributed by atoms with Gasteiger partial charge < -0.3 is 0 Å². The Bertz CT molecular complexity index is 1220. The molecule has 0 aliphatic rings. The van der Waals surface area contributed by atoms with Crippen molar-refractivity contribution < 1.29 is 12.6 Å². The molecule has 3 aromatic carbocycles. The van der Waals surface area contributed by atoms with Gasteiger partial charge in [0.2, 0.25) is 10.0 Å². The van der Waals surface area contributed by atoms with Crippen LogP contribution in [0.1, 0.15) is 49.9 Å². The molecule has 0 heterocycles. The summed E-state index contributed by atoms with van der Waals surface area (Å²) in [5.74, 6) is 0. The van der Waals surface area contributed by atoms with Crippen molar-refractivity contribution in [3.8, 4) is 0 Å². The number of aryl methyl sites for hydroxylation is 1. The van der Waals surface area contributed by atoms with E-state index < -0.39 is 31.8 Å². The van der Waals surface area contributed by atoms with Crippen LogP contribution in [0.15, 0.2) is 94.2 Å². The van der Waals surface area contributed by atoms with Gasteiger partial charge in [-0.1, -0.05) is 78.4 Å². The Balaban J connectivity index is 2.03. The summed E-state index contributed by atoms with van der Waals surface area (Å²) in [5, 5.41) is 0. The summed E-state index contributed by atoms with van der Waals surface area (Å²) < 4.78 is 46.2. The number of nitrogens with zero attached hydrogens (tertiary/aromatic N) is 1. The van der Waals surface area contributed by atoms with E-state index in [9.17, 15) is 12.6 Å². The van der Waals surface area contributed by atoms with E-state index in [0.717, 1.165) is 16.7 Å². The first-order valence-corrected chi connectivity index (χ1v) is 13.3. The molecule has 0 aliphatic carbocycles. The summed E-state index contributed by atoms with van der Waals surface area (Å²) in [6.07, 6.45) is 0.251. The van der Waals surface area contributed by atoms with E-state index >= 15 is 0 Å². The van der Waals surface area contributed by atoms with Crippen molar-refractivity contribution in [1.29, 1.82) is 0 Å². The standard InChI is InChI=1S/C26H30N2O3S2/c1-20-15-17-23(18-16-20)33(30,31)28-25(22-13-9-6-10-14-22)19-24(21-11-7-5-8-12-21)27-32(29)26(2,3)4/h5-18,25,28H,19H2,1-4H3/b27-24+/t25-,32+/m0/s1. The van der Waals surface area contributed by atoms with Crippen LogP contribution in [0.5, 0.6) is 0 Å². The van der Waals surface area contributed by atoms with E-state index in [4.69, 9.17) is 0 Å². The molecule has 0 unspecified atom stereocenters. The maximum Gasteiger partial charge on any atom is 0.241 e. The molecule has 0 amide bonds. The number of nitrogens with one attached hydrogen (secondary N) is 1. The van der Waals surface area contributed by atoms with Crippen LogP contribution in [0.2, 0.25) is 0 Å². The summed E-state index contributed by atoms with van der Waals surface area (Å²) in [4.78, 5) is 0.200. The molecule has 0 saturated carbocycles. The molecule has 0 saturated heterocycles. The van der Waals surface area contributed by atoms with Gasteiger partial charge in [0, 0.05) is 6.42 Å². The van der Waals surface area contributed by atoms with Gasteiger partial charge in [-0.3, -0.25) is 0 Å². The summed E-state index contributed by atoms with van der Waals surface area (Å²) in [7, 11) is -5.28. The molecule has 33 heavy (non-hydrogen) atoms. The lowest BCUT2D eigenvalue weighted by Crippen LogP contribution is -2.31. The van der Waals surface area contributed by atoms with Gasteiger partial charge in [-0.05, 0) is 51.0 Å². The molecule has 0 fully saturated rings. The molecule has 0 spiro atoms. The van der Waals surface area contributed by atoms with Crippen LogP contribution in [0.25, 0.3) is 0 Å². The number of sulfonamides is 1. The Hall–Kier alpha value is -2.61. The highest BCUT2D eigenvalue weighted by molar-refractivity contribution is 7.89. The minimum Gasteiger partial charge on any atom is -0.234 e. The van der Waals surface area contributed by atoms with Crippen LogP contribution in [0, 0.1) is 6.92 Å². The first kappa shape index (κ1) is 25.0. The average molecular weight is 483 g/mol. The molecule has 0 bridgehead atoms. The predicted molar refractivity (Wildman–Crippen MR) is 136 cm³/mol. The molecule has 7 heteroatoms. The Kier molecular flexibility index (Phi) is 8.00. The highest BCUT2D eigenvalue weighted by Crippen LogP contribution is 2.25. The second-order valence-corrected chi connectivity index (χ2v) is 12.5. The number of rotatable bonds is 8. The van der Waals surface area contributed by atoms with Crippen molar-refractivity contribution in [3.63, 3.8) is 0 Å². The third kappa shape index (κ3) is 6.93. The summed E-state index contributed by atoms with van der Waals surface area (Å²) in [6, 6.07) is 25.0. The van der Waals surface area contributed by atoms with Gasteiger partial charge in [0.1, 0.15) is 11.0 Å². The molecular formula is C26H30N2O3S2. The average Bonchev–Trinajstić information content (AvgIpc) is 2.78. The molecule has 0 aliphatic heterocycles. The SMILES string of the molecule is Cc1ccc(S(=O)(=O)N[C@@H](C/C(=N\[S@](=O)C(C)(C)C)c2ccccc2)c2ccccc2)cc1. The van der Waals surface area contributed by atoms with Gasteiger partial charge in [-0.2, -0.15) is 4.40 Å². The fraction of sp³-hybridized carbons (Fsp3) is 0.269. The molecule has 1 N–H and O–H groups in total. The highest BCUT2D eigenvalue weighted by Gasteiger charge is 2.25. The van der Waals surface area contributed by atoms with Gasteiger partial charge >= 0.3 is 0 Å². The molecule has 0 radical (unpaired) electrons. The van der Waals surface area contributed by atoms with Crippen molar-refractivity contribution in [2.24, 2.45) is 4.40 Å². The minimum absolute atomic E-state index is 0.200. The van der Waals surface area contributed by atoms with Crippen LogP contribution in [-0.4, -0.2) is 23.1 Å². The molecule has 174 valence electrons. The quantitative estimate of drug-likeness (QED) is 0.439. The molecule has 2 atom stereocenters. The fourth-order valence-electron chi connectivity index (χ4n) is 3.15. The molecule has 3 aromatic rings. The number of hydrogen-bond acceptors (Lipinski definition) is 3. The van der Waals surface area contributed by atoms with Crippen molar-refractivity contribution in [2.45, 2.75) is 49.8 Å². The van der Waals surface area contributed by atoms with Crippen LogP contribution >= 0.6 is 0 Å². The van der Waals surface area contributed by atoms with Crippen LogP contribution < -0.4 is 4.72 Å². The van der Waals surface area contributed by atoms with Gasteiger partial charge in [-0.25, -0.2) is 17.3 Å². The lowest BCUT2D eigenvalue weighted by atomic mass is 9.98. The Morgan fingerprint density at radius 2 is 1.45 bits per heavy atom. The van der Waals surface area contributed by atoms with Gasteiger partial charge in [-0.15, -0.1) is 0 Å². The summed E-state index contributed by atoms with van der Waals surface area (Å²) in [5.41, 5.74) is 3.19. The maximum atomic E-state index is 13.2. The van der Waals surface area contributed by atoms with E-state index in [1.54, 1.807) is 24.3 Å². The zero-order chi connectivity index (χ0) is 24.1. The molecule has 5 nitrogen and oxygen atoms in total. The highest BCUT2D eigenvalue weighted by atomic mass is 32.2. The second kappa shape index (κ2) is 10.5. The van der Waals surface area contributed by atoms with Crippen molar-refractivity contribution in [3.05, 3.63) is 102 Å². The third-order valence-corrected chi connectivity index (χ3v) is 7.97. The molecule has 3 rings (SSSR count). The number of benzene rings is 3. The summed E-state index contributed by atoms with van der Waals surface area (Å²) in [6.45, 7) is 7.51. The smallest absolute Gasteiger partial charge is 0.234 e. The maximum absolute atomic E-state index is 13.2. The Morgan fingerprint density at radius 3 is 2.00 bits per heavy atom. The molecule has 0 aromatic heterocycles. The lowest BCUT2D eigenvalue weighted by Gasteiger charge is -2.22. The van der Waals surface area contributed by atoms with E-state index in [1.165, 1.54) is 0 Å². The van der Waals surface area contributed by atoms with E-state index in [2.05, 4.69) is 9.12 Å². The first-order chi connectivity index (χ1) is 15.6. The van der Waals surface area contributed by atoms with Gasteiger partial charge in [0.15, 0.2) is 0 Å².